The van der Waals surface area contributed by atoms with Gasteiger partial charge in [0, 0.05) is 21.2 Å². The first-order valence-corrected chi connectivity index (χ1v) is 12.2. The van der Waals surface area contributed by atoms with Crippen LogP contribution in [0.2, 0.25) is 0 Å². The Balaban J connectivity index is 1.40. The molecular formula is C31H21NS. The molecule has 1 heterocycles. The third kappa shape index (κ3) is 2.95. The molecule has 0 saturated carbocycles. The first kappa shape index (κ1) is 18.8. The van der Waals surface area contributed by atoms with Crippen LogP contribution in [0.5, 0.6) is 0 Å². The minimum absolute atomic E-state index is 0.979. The third-order valence-corrected chi connectivity index (χ3v) is 7.96. The average Bonchev–Trinajstić information content (AvgIpc) is 2.87. The Morgan fingerprint density at radius 2 is 1.21 bits per heavy atom. The van der Waals surface area contributed by atoms with Crippen molar-refractivity contribution in [2.45, 2.75) is 16.2 Å². The minimum atomic E-state index is 0.979. The van der Waals surface area contributed by atoms with Crippen molar-refractivity contribution < 1.29 is 0 Å². The number of anilines is 3. The molecule has 33 heavy (non-hydrogen) atoms. The largest absolute Gasteiger partial charge is 0.309 e. The number of nitrogens with zero attached hydrogens (tertiary/aromatic N) is 1. The monoisotopic (exact) mass is 439 g/mol. The van der Waals surface area contributed by atoms with Gasteiger partial charge in [-0.3, -0.25) is 0 Å². The van der Waals surface area contributed by atoms with E-state index in [1.54, 1.807) is 0 Å². The van der Waals surface area contributed by atoms with E-state index in [0.717, 1.165) is 6.42 Å². The lowest BCUT2D eigenvalue weighted by Crippen LogP contribution is -2.14. The van der Waals surface area contributed by atoms with Crippen LogP contribution in [0.25, 0.3) is 22.3 Å². The Bertz CT molecular complexity index is 1520. The fourth-order valence-corrected chi connectivity index (χ4v) is 6.27. The number of hydrogen-bond acceptors (Lipinski definition) is 2. The van der Waals surface area contributed by atoms with E-state index in [0.29, 0.717) is 0 Å². The molecular weight excluding hydrogens is 418 g/mol. The molecule has 0 atom stereocenters. The second kappa shape index (κ2) is 7.40. The van der Waals surface area contributed by atoms with Crippen molar-refractivity contribution in [1.82, 2.24) is 0 Å². The maximum atomic E-state index is 2.42. The summed E-state index contributed by atoms with van der Waals surface area (Å²) in [6.45, 7) is 0. The Labute approximate surface area is 198 Å². The standard InChI is InChI=1S/C31H21NS/c1-2-11-23(12-3-1)32(24-17-18-27-25-13-5-6-14-26(25)28(27)20-24)29-15-8-10-22-19-21-9-4-7-16-30(21)33-31(22)29/h1-18,20H,19H2. The quantitative estimate of drug-likeness (QED) is 0.270. The van der Waals surface area contributed by atoms with Crippen molar-refractivity contribution in [3.63, 3.8) is 0 Å². The molecule has 5 aromatic carbocycles. The molecule has 7 rings (SSSR count). The van der Waals surface area contributed by atoms with Crippen LogP contribution in [-0.4, -0.2) is 0 Å². The van der Waals surface area contributed by atoms with E-state index < -0.39 is 0 Å². The van der Waals surface area contributed by atoms with Gasteiger partial charge in [-0.05, 0) is 76.2 Å². The van der Waals surface area contributed by atoms with Gasteiger partial charge in [0.15, 0.2) is 0 Å². The molecule has 1 aliphatic carbocycles. The number of hydrogen-bond donors (Lipinski definition) is 0. The van der Waals surface area contributed by atoms with Crippen LogP contribution in [-0.2, 0) is 6.42 Å². The van der Waals surface area contributed by atoms with Crippen molar-refractivity contribution in [3.05, 3.63) is 126 Å². The highest BCUT2D eigenvalue weighted by Gasteiger charge is 2.26. The Morgan fingerprint density at radius 3 is 2.09 bits per heavy atom. The summed E-state index contributed by atoms with van der Waals surface area (Å²) in [7, 11) is 0. The zero-order valence-corrected chi connectivity index (χ0v) is 18.8. The molecule has 1 nitrogen and oxygen atoms in total. The average molecular weight is 440 g/mol. The molecule has 156 valence electrons. The summed E-state index contributed by atoms with van der Waals surface area (Å²) in [4.78, 5) is 5.13. The zero-order chi connectivity index (χ0) is 21.8. The summed E-state index contributed by atoms with van der Waals surface area (Å²) in [5.41, 5.74) is 11.8. The lowest BCUT2D eigenvalue weighted by atomic mass is 9.80. The van der Waals surface area contributed by atoms with Crippen molar-refractivity contribution >= 4 is 28.8 Å². The second-order valence-corrected chi connectivity index (χ2v) is 9.65. The fourth-order valence-electron chi connectivity index (χ4n) is 5.09. The summed E-state index contributed by atoms with van der Waals surface area (Å²) in [6, 6.07) is 41.9. The molecule has 5 aromatic rings. The summed E-state index contributed by atoms with van der Waals surface area (Å²) in [5.74, 6) is 0. The van der Waals surface area contributed by atoms with Crippen LogP contribution < -0.4 is 4.90 Å². The molecule has 0 fully saturated rings. The van der Waals surface area contributed by atoms with Gasteiger partial charge in [-0.25, -0.2) is 0 Å². The molecule has 0 radical (unpaired) electrons. The molecule has 0 saturated heterocycles. The van der Waals surface area contributed by atoms with Crippen molar-refractivity contribution in [2.24, 2.45) is 0 Å². The summed E-state index contributed by atoms with van der Waals surface area (Å²) >= 11 is 1.90. The Morgan fingerprint density at radius 1 is 0.515 bits per heavy atom. The van der Waals surface area contributed by atoms with Gasteiger partial charge in [-0.1, -0.05) is 90.6 Å². The van der Waals surface area contributed by atoms with E-state index in [2.05, 4.69) is 120 Å². The van der Waals surface area contributed by atoms with Crippen LogP contribution >= 0.6 is 11.8 Å². The number of rotatable bonds is 3. The van der Waals surface area contributed by atoms with E-state index >= 15 is 0 Å². The Kier molecular flexibility index (Phi) is 4.21. The van der Waals surface area contributed by atoms with Crippen LogP contribution in [0, 0.1) is 0 Å². The van der Waals surface area contributed by atoms with Gasteiger partial charge in [0.25, 0.3) is 0 Å². The van der Waals surface area contributed by atoms with Crippen molar-refractivity contribution in [1.29, 1.82) is 0 Å². The zero-order valence-electron chi connectivity index (χ0n) is 18.0. The van der Waals surface area contributed by atoms with Gasteiger partial charge in [0.1, 0.15) is 0 Å². The molecule has 0 N–H and O–H groups in total. The predicted molar refractivity (Wildman–Crippen MR) is 139 cm³/mol. The van der Waals surface area contributed by atoms with E-state index in [-0.39, 0.29) is 0 Å². The number of para-hydroxylation sites is 1. The lowest BCUT2D eigenvalue weighted by molar-refractivity contribution is 1.04. The minimum Gasteiger partial charge on any atom is -0.309 e. The highest BCUT2D eigenvalue weighted by Crippen LogP contribution is 2.52. The van der Waals surface area contributed by atoms with E-state index in [9.17, 15) is 0 Å². The van der Waals surface area contributed by atoms with Gasteiger partial charge < -0.3 is 4.90 Å². The highest BCUT2D eigenvalue weighted by atomic mass is 32.2. The van der Waals surface area contributed by atoms with Gasteiger partial charge in [-0.15, -0.1) is 0 Å². The van der Waals surface area contributed by atoms with Crippen LogP contribution in [0.3, 0.4) is 0 Å². The van der Waals surface area contributed by atoms with Crippen LogP contribution in [0.15, 0.2) is 125 Å². The summed E-state index contributed by atoms with van der Waals surface area (Å²) in [5, 5.41) is 0. The Hall–Kier alpha value is -3.75. The van der Waals surface area contributed by atoms with Crippen LogP contribution in [0.4, 0.5) is 17.1 Å². The number of benzene rings is 5. The number of fused-ring (bicyclic) bond motifs is 6. The first-order valence-electron chi connectivity index (χ1n) is 11.3. The maximum absolute atomic E-state index is 2.42. The van der Waals surface area contributed by atoms with Gasteiger partial charge in [-0.2, -0.15) is 0 Å². The highest BCUT2D eigenvalue weighted by molar-refractivity contribution is 7.99. The van der Waals surface area contributed by atoms with E-state index in [1.807, 2.05) is 11.8 Å². The topological polar surface area (TPSA) is 3.24 Å². The van der Waals surface area contributed by atoms with E-state index in [1.165, 1.54) is 60.2 Å². The lowest BCUT2D eigenvalue weighted by Gasteiger charge is -2.32. The summed E-state index contributed by atoms with van der Waals surface area (Å²) < 4.78 is 0. The molecule has 1 aliphatic heterocycles. The molecule has 0 aromatic heterocycles. The predicted octanol–water partition coefficient (Wildman–Crippen LogP) is 8.86. The summed E-state index contributed by atoms with van der Waals surface area (Å²) in [6.07, 6.45) is 0.979. The molecule has 2 heteroatoms. The van der Waals surface area contributed by atoms with Gasteiger partial charge >= 0.3 is 0 Å². The molecule has 2 aliphatic rings. The van der Waals surface area contributed by atoms with Gasteiger partial charge in [0.05, 0.1) is 5.69 Å². The normalized spacial score (nSPS) is 12.6. The van der Waals surface area contributed by atoms with Crippen molar-refractivity contribution in [2.75, 3.05) is 4.90 Å². The molecule has 0 spiro atoms. The molecule has 0 amide bonds. The third-order valence-electron chi connectivity index (χ3n) is 6.67. The second-order valence-electron chi connectivity index (χ2n) is 8.60. The first-order chi connectivity index (χ1) is 16.4. The molecule has 0 unspecified atom stereocenters. The SMILES string of the molecule is c1ccc(N(c2ccc3c(c2)-c2ccccc2-3)c2cccc3c2Sc2ccccc2C3)cc1. The maximum Gasteiger partial charge on any atom is 0.0604 e. The molecule has 0 bridgehead atoms. The fraction of sp³-hybridized carbons (Fsp3) is 0.0323. The van der Waals surface area contributed by atoms with Gasteiger partial charge in [0.2, 0.25) is 0 Å². The van der Waals surface area contributed by atoms with E-state index in [4.69, 9.17) is 0 Å². The smallest absolute Gasteiger partial charge is 0.0604 e. The van der Waals surface area contributed by atoms with Crippen molar-refractivity contribution in [3.8, 4) is 22.3 Å². The van der Waals surface area contributed by atoms with Crippen LogP contribution in [0.1, 0.15) is 11.1 Å².